The molecule has 0 unspecified atom stereocenters. The van der Waals surface area contributed by atoms with Crippen molar-refractivity contribution in [3.8, 4) is 0 Å². The van der Waals surface area contributed by atoms with Gasteiger partial charge in [0.15, 0.2) is 0 Å². The highest BCUT2D eigenvalue weighted by molar-refractivity contribution is 5.85. The Bertz CT molecular complexity index is 500. The lowest BCUT2D eigenvalue weighted by atomic mass is 10.0. The van der Waals surface area contributed by atoms with Crippen molar-refractivity contribution in [2.24, 2.45) is 0 Å². The first kappa shape index (κ1) is 16.0. The Labute approximate surface area is 113 Å². The number of amides is 1. The molecular weight excluding hydrogens is 275 g/mol. The van der Waals surface area contributed by atoms with E-state index in [-0.39, 0.29) is 12.0 Å². The molecule has 0 saturated heterocycles. The van der Waals surface area contributed by atoms with Crippen LogP contribution in [0, 0.1) is 0 Å². The topological polar surface area (TPSA) is 66.4 Å². The van der Waals surface area contributed by atoms with Crippen LogP contribution in [0.4, 0.5) is 13.2 Å². The van der Waals surface area contributed by atoms with Crippen LogP contribution in [0.5, 0.6) is 0 Å². The Morgan fingerprint density at radius 2 is 1.90 bits per heavy atom. The molecule has 1 aromatic rings. The third-order valence-corrected chi connectivity index (χ3v) is 2.72. The van der Waals surface area contributed by atoms with Crippen LogP contribution in [-0.2, 0) is 22.2 Å². The summed E-state index contributed by atoms with van der Waals surface area (Å²) in [6.07, 6.45) is -4.91. The minimum atomic E-state index is -4.55. The van der Waals surface area contributed by atoms with E-state index in [1.54, 1.807) is 6.92 Å². The Morgan fingerprint density at radius 3 is 2.40 bits per heavy atom. The third-order valence-electron chi connectivity index (χ3n) is 2.72. The fourth-order valence-corrected chi connectivity index (χ4v) is 1.71. The van der Waals surface area contributed by atoms with E-state index in [1.807, 2.05) is 0 Å². The van der Waals surface area contributed by atoms with Crippen LogP contribution in [0.15, 0.2) is 24.3 Å². The molecule has 7 heteroatoms. The van der Waals surface area contributed by atoms with E-state index in [4.69, 9.17) is 5.11 Å². The van der Waals surface area contributed by atoms with Crippen LogP contribution in [0.1, 0.15) is 24.5 Å². The number of alkyl halides is 3. The highest BCUT2D eigenvalue weighted by Crippen LogP contribution is 2.31. The molecule has 110 valence electrons. The second-order valence-electron chi connectivity index (χ2n) is 4.20. The minimum Gasteiger partial charge on any atom is -0.480 e. The number of nitrogens with one attached hydrogen (secondary N) is 1. The first-order valence-electron chi connectivity index (χ1n) is 5.93. The van der Waals surface area contributed by atoms with E-state index in [0.717, 1.165) is 6.07 Å². The summed E-state index contributed by atoms with van der Waals surface area (Å²) in [5.74, 6) is -1.97. The molecule has 0 aliphatic rings. The Balaban J connectivity index is 2.84. The van der Waals surface area contributed by atoms with Gasteiger partial charge in [0, 0.05) is 0 Å². The number of aliphatic carboxylic acids is 1. The molecule has 0 aliphatic carbocycles. The highest BCUT2D eigenvalue weighted by atomic mass is 19.4. The summed E-state index contributed by atoms with van der Waals surface area (Å²) in [7, 11) is 0. The van der Waals surface area contributed by atoms with Crippen molar-refractivity contribution in [1.82, 2.24) is 5.32 Å². The first-order valence-corrected chi connectivity index (χ1v) is 5.93. The lowest BCUT2D eigenvalue weighted by Gasteiger charge is -2.15. The average Bonchev–Trinajstić information content (AvgIpc) is 2.35. The quantitative estimate of drug-likeness (QED) is 0.873. The molecule has 1 aromatic carbocycles. The van der Waals surface area contributed by atoms with E-state index >= 15 is 0 Å². The fourth-order valence-electron chi connectivity index (χ4n) is 1.71. The van der Waals surface area contributed by atoms with E-state index in [2.05, 4.69) is 5.32 Å². The van der Waals surface area contributed by atoms with Gasteiger partial charge in [-0.2, -0.15) is 13.2 Å². The summed E-state index contributed by atoms with van der Waals surface area (Å²) in [4.78, 5) is 22.4. The molecule has 0 bridgehead atoms. The number of carboxylic acids is 1. The van der Waals surface area contributed by atoms with Gasteiger partial charge >= 0.3 is 12.1 Å². The molecule has 1 amide bonds. The maximum atomic E-state index is 12.7. The van der Waals surface area contributed by atoms with Gasteiger partial charge in [-0.1, -0.05) is 25.1 Å². The summed E-state index contributed by atoms with van der Waals surface area (Å²) in [6.45, 7) is 1.56. The van der Waals surface area contributed by atoms with Gasteiger partial charge in [-0.05, 0) is 18.1 Å². The van der Waals surface area contributed by atoms with Crippen molar-refractivity contribution >= 4 is 11.9 Å². The molecule has 0 fully saturated rings. The number of carbonyl (C=O) groups excluding carboxylic acids is 1. The third kappa shape index (κ3) is 4.25. The summed E-state index contributed by atoms with van der Waals surface area (Å²) in [5.41, 5.74) is -1.07. The van der Waals surface area contributed by atoms with Gasteiger partial charge < -0.3 is 10.4 Å². The van der Waals surface area contributed by atoms with Crippen LogP contribution in [0.25, 0.3) is 0 Å². The molecule has 20 heavy (non-hydrogen) atoms. The normalized spacial score (nSPS) is 12.8. The van der Waals surface area contributed by atoms with Crippen LogP contribution < -0.4 is 5.32 Å². The van der Waals surface area contributed by atoms with Crippen LogP contribution in [0.2, 0.25) is 0 Å². The molecule has 0 aliphatic heterocycles. The zero-order chi connectivity index (χ0) is 15.3. The predicted octanol–water partition coefficient (Wildman–Crippen LogP) is 2.23. The van der Waals surface area contributed by atoms with Crippen molar-refractivity contribution in [2.75, 3.05) is 0 Å². The monoisotopic (exact) mass is 289 g/mol. The van der Waals surface area contributed by atoms with Crippen molar-refractivity contribution in [3.05, 3.63) is 35.4 Å². The number of halogens is 3. The van der Waals surface area contributed by atoms with Crippen LogP contribution in [-0.4, -0.2) is 23.0 Å². The second-order valence-corrected chi connectivity index (χ2v) is 4.20. The molecule has 0 spiro atoms. The van der Waals surface area contributed by atoms with Crippen molar-refractivity contribution in [3.63, 3.8) is 0 Å². The highest BCUT2D eigenvalue weighted by Gasteiger charge is 2.33. The van der Waals surface area contributed by atoms with Crippen molar-refractivity contribution in [2.45, 2.75) is 32.0 Å². The lowest BCUT2D eigenvalue weighted by molar-refractivity contribution is -0.142. The average molecular weight is 289 g/mol. The molecule has 0 saturated carbocycles. The molecule has 2 N–H and O–H groups in total. The van der Waals surface area contributed by atoms with Crippen molar-refractivity contribution in [1.29, 1.82) is 0 Å². The molecule has 0 radical (unpaired) electrons. The Hall–Kier alpha value is -2.05. The summed E-state index contributed by atoms with van der Waals surface area (Å²) < 4.78 is 38.2. The smallest absolute Gasteiger partial charge is 0.416 e. The van der Waals surface area contributed by atoms with Gasteiger partial charge in [0.05, 0.1) is 12.0 Å². The number of benzene rings is 1. The van der Waals surface area contributed by atoms with E-state index in [0.29, 0.717) is 0 Å². The van der Waals surface area contributed by atoms with Crippen LogP contribution >= 0.6 is 0 Å². The van der Waals surface area contributed by atoms with Gasteiger partial charge in [-0.3, -0.25) is 4.79 Å². The Morgan fingerprint density at radius 1 is 1.30 bits per heavy atom. The second kappa shape index (κ2) is 6.40. The first-order chi connectivity index (χ1) is 9.25. The Kier molecular flexibility index (Phi) is 5.12. The fraction of sp³-hybridized carbons (Fsp3) is 0.385. The summed E-state index contributed by atoms with van der Waals surface area (Å²) in [6, 6.07) is 3.62. The zero-order valence-corrected chi connectivity index (χ0v) is 10.7. The van der Waals surface area contributed by atoms with E-state index in [9.17, 15) is 22.8 Å². The number of rotatable bonds is 5. The number of carboxylic acid groups (broad SMARTS) is 1. The molecule has 0 aromatic heterocycles. The van der Waals surface area contributed by atoms with Gasteiger partial charge in [-0.25, -0.2) is 4.79 Å². The summed E-state index contributed by atoms with van der Waals surface area (Å²) >= 11 is 0. The standard InChI is InChI=1S/C13H14F3NO3/c1-2-10(12(19)20)17-11(18)7-8-5-3-4-6-9(8)13(14,15)16/h3-6,10H,2,7H2,1H3,(H,17,18)(H,19,20)/t10-/m1/s1. The van der Waals surface area contributed by atoms with Gasteiger partial charge in [-0.15, -0.1) is 0 Å². The van der Waals surface area contributed by atoms with Crippen LogP contribution in [0.3, 0.4) is 0 Å². The zero-order valence-electron chi connectivity index (χ0n) is 10.7. The van der Waals surface area contributed by atoms with E-state index in [1.165, 1.54) is 18.2 Å². The van der Waals surface area contributed by atoms with E-state index < -0.39 is 36.1 Å². The largest absolute Gasteiger partial charge is 0.480 e. The van der Waals surface area contributed by atoms with Gasteiger partial charge in [0.25, 0.3) is 0 Å². The number of hydrogen-bond donors (Lipinski definition) is 2. The minimum absolute atomic E-state index is 0.155. The van der Waals surface area contributed by atoms with Gasteiger partial charge in [0.1, 0.15) is 6.04 Å². The predicted molar refractivity (Wildman–Crippen MR) is 65.0 cm³/mol. The molecular formula is C13H14F3NO3. The molecule has 0 heterocycles. The number of hydrogen-bond acceptors (Lipinski definition) is 2. The summed E-state index contributed by atoms with van der Waals surface area (Å²) in [5, 5.41) is 11.0. The van der Waals surface area contributed by atoms with Gasteiger partial charge in [0.2, 0.25) is 5.91 Å². The number of carbonyl (C=O) groups is 2. The molecule has 1 rings (SSSR count). The maximum Gasteiger partial charge on any atom is 0.416 e. The molecule has 4 nitrogen and oxygen atoms in total. The maximum absolute atomic E-state index is 12.7. The lowest BCUT2D eigenvalue weighted by Crippen LogP contribution is -2.41. The SMILES string of the molecule is CC[C@@H](NC(=O)Cc1ccccc1C(F)(F)F)C(=O)O. The molecule has 1 atom stereocenters. The van der Waals surface area contributed by atoms with Crippen molar-refractivity contribution < 1.29 is 27.9 Å².